The second kappa shape index (κ2) is 10.4. The van der Waals surface area contributed by atoms with Crippen LogP contribution in [0.2, 0.25) is 0 Å². The lowest BCUT2D eigenvalue weighted by Gasteiger charge is -2.35. The van der Waals surface area contributed by atoms with Crippen molar-refractivity contribution < 1.29 is 22.8 Å². The number of carbonyl (C=O) groups is 2. The summed E-state index contributed by atoms with van der Waals surface area (Å²) in [7, 11) is 0. The van der Waals surface area contributed by atoms with Gasteiger partial charge in [-0.2, -0.15) is 13.2 Å². The second-order valence-corrected chi connectivity index (χ2v) is 8.75. The first-order valence-electron chi connectivity index (χ1n) is 11.6. The van der Waals surface area contributed by atoms with Crippen LogP contribution in [0.1, 0.15) is 40.7 Å². The van der Waals surface area contributed by atoms with Crippen LogP contribution in [0.4, 0.5) is 18.9 Å². The molecule has 0 bridgehead atoms. The maximum atomic E-state index is 13.0. The maximum absolute atomic E-state index is 13.0. The largest absolute Gasteiger partial charge is 0.433 e. The van der Waals surface area contributed by atoms with E-state index in [1.807, 2.05) is 17.0 Å². The van der Waals surface area contributed by atoms with E-state index < -0.39 is 11.9 Å². The molecule has 1 saturated heterocycles. The van der Waals surface area contributed by atoms with Gasteiger partial charge in [0.1, 0.15) is 11.4 Å². The number of carbonyl (C=O) groups excluding carboxylic acids is 2. The average Bonchev–Trinajstić information content (AvgIpc) is 2.87. The summed E-state index contributed by atoms with van der Waals surface area (Å²) >= 11 is 0. The highest BCUT2D eigenvalue weighted by atomic mass is 19.4. The Hall–Kier alpha value is -3.82. The Labute approximate surface area is 207 Å². The number of nitrogens with zero attached hydrogens (tertiary/aromatic N) is 5. The molecule has 188 valence electrons. The van der Waals surface area contributed by atoms with Crippen LogP contribution in [0.25, 0.3) is 11.3 Å². The van der Waals surface area contributed by atoms with Gasteiger partial charge in [-0.05, 0) is 48.7 Å². The van der Waals surface area contributed by atoms with E-state index in [2.05, 4.69) is 19.9 Å². The van der Waals surface area contributed by atoms with Crippen molar-refractivity contribution in [2.24, 2.45) is 0 Å². The molecule has 36 heavy (non-hydrogen) atoms. The zero-order valence-electron chi connectivity index (χ0n) is 20.0. The van der Waals surface area contributed by atoms with Gasteiger partial charge in [-0.25, -0.2) is 0 Å². The molecule has 0 saturated carbocycles. The van der Waals surface area contributed by atoms with Crippen molar-refractivity contribution in [3.63, 3.8) is 0 Å². The molecule has 1 amide bonds. The highest BCUT2D eigenvalue weighted by Crippen LogP contribution is 2.31. The molecule has 0 atom stereocenters. The molecule has 0 aliphatic carbocycles. The normalized spacial score (nSPS) is 14.1. The molecule has 4 heterocycles. The summed E-state index contributed by atoms with van der Waals surface area (Å²) in [5.41, 5.74) is 2.63. The van der Waals surface area contributed by atoms with Gasteiger partial charge in [0.25, 0.3) is 0 Å². The van der Waals surface area contributed by atoms with Crippen molar-refractivity contribution in [2.75, 3.05) is 31.1 Å². The molecule has 1 fully saturated rings. The topological polar surface area (TPSA) is 79.3 Å². The van der Waals surface area contributed by atoms with Crippen molar-refractivity contribution in [1.29, 1.82) is 0 Å². The molecule has 4 rings (SSSR count). The molecule has 0 N–H and O–H groups in total. The number of hydrogen-bond donors (Lipinski definition) is 0. The minimum atomic E-state index is -4.53. The Morgan fingerprint density at radius 2 is 1.72 bits per heavy atom. The quantitative estimate of drug-likeness (QED) is 0.471. The zero-order valence-corrected chi connectivity index (χ0v) is 20.0. The van der Waals surface area contributed by atoms with Crippen LogP contribution in [0.3, 0.4) is 0 Å². The minimum absolute atomic E-state index is 0.0710. The van der Waals surface area contributed by atoms with E-state index in [0.29, 0.717) is 55.1 Å². The van der Waals surface area contributed by atoms with Gasteiger partial charge in [-0.15, -0.1) is 0 Å². The van der Waals surface area contributed by atoms with E-state index in [0.717, 1.165) is 23.5 Å². The molecule has 3 aromatic rings. The summed E-state index contributed by atoms with van der Waals surface area (Å²) in [6.45, 7) is 6.09. The maximum Gasteiger partial charge on any atom is 0.433 e. The lowest BCUT2D eigenvalue weighted by molar-refractivity contribution is -0.141. The molecular weight excluding hydrogens is 471 g/mol. The Kier molecular flexibility index (Phi) is 7.32. The van der Waals surface area contributed by atoms with Crippen molar-refractivity contribution in [3.05, 3.63) is 71.4 Å². The number of ketones is 1. The van der Waals surface area contributed by atoms with Gasteiger partial charge in [-0.3, -0.25) is 24.5 Å². The van der Waals surface area contributed by atoms with E-state index in [9.17, 15) is 22.8 Å². The Balaban J connectivity index is 1.36. The van der Waals surface area contributed by atoms with Crippen LogP contribution < -0.4 is 4.90 Å². The van der Waals surface area contributed by atoms with Gasteiger partial charge in [0.2, 0.25) is 5.91 Å². The lowest BCUT2D eigenvalue weighted by atomic mass is 10.0. The van der Waals surface area contributed by atoms with E-state index in [1.165, 1.54) is 6.07 Å². The first kappa shape index (κ1) is 25.3. The summed E-state index contributed by atoms with van der Waals surface area (Å²) in [5, 5.41) is 0. The highest BCUT2D eigenvalue weighted by Gasteiger charge is 2.32. The van der Waals surface area contributed by atoms with Crippen LogP contribution in [0.5, 0.6) is 0 Å². The number of piperazine rings is 1. The molecule has 3 aromatic heterocycles. The van der Waals surface area contributed by atoms with Gasteiger partial charge in [0, 0.05) is 57.5 Å². The fraction of sp³-hybridized carbons (Fsp3) is 0.346. The van der Waals surface area contributed by atoms with Gasteiger partial charge < -0.3 is 9.80 Å². The number of aromatic nitrogens is 3. The van der Waals surface area contributed by atoms with E-state index in [1.54, 1.807) is 32.3 Å². The zero-order chi connectivity index (χ0) is 25.9. The summed E-state index contributed by atoms with van der Waals surface area (Å²) in [5.74, 6) is -0.0321. The van der Waals surface area contributed by atoms with Crippen molar-refractivity contribution in [1.82, 2.24) is 19.9 Å². The number of rotatable bonds is 6. The van der Waals surface area contributed by atoms with Crippen LogP contribution in [-0.2, 0) is 17.4 Å². The number of anilines is 1. The number of aryl methyl sites for hydroxylation is 2. The molecule has 1 aliphatic rings. The molecule has 1 aliphatic heterocycles. The number of hydrogen-bond acceptors (Lipinski definition) is 6. The lowest BCUT2D eigenvalue weighted by Crippen LogP contribution is -2.48. The van der Waals surface area contributed by atoms with E-state index >= 15 is 0 Å². The smallest absolute Gasteiger partial charge is 0.367 e. The first-order chi connectivity index (χ1) is 17.1. The molecule has 7 nitrogen and oxygen atoms in total. The fourth-order valence-electron chi connectivity index (χ4n) is 4.21. The third kappa shape index (κ3) is 5.87. The van der Waals surface area contributed by atoms with Gasteiger partial charge >= 0.3 is 6.18 Å². The molecule has 0 radical (unpaired) electrons. The fourth-order valence-corrected chi connectivity index (χ4v) is 4.21. The molecule has 10 heteroatoms. The standard InChI is InChI=1S/C26H26F3N5O2/c1-17-13-19(15-32-25(17)20-7-8-30-24(14-20)26(27,28)29)3-6-23(36)22-5-4-21(16-31-22)34-11-9-33(10-12-34)18(2)35/h4-5,7-8,13-16H,3,6,9-12H2,1-2H3. The van der Waals surface area contributed by atoms with Crippen molar-refractivity contribution in [3.8, 4) is 11.3 Å². The Bertz CT molecular complexity index is 1250. The number of amides is 1. The average molecular weight is 498 g/mol. The SMILES string of the molecule is CC(=O)N1CCN(c2ccc(C(=O)CCc3cnc(-c4ccnc(C(F)(F)F)c4)c(C)c3)nc2)CC1. The summed E-state index contributed by atoms with van der Waals surface area (Å²) < 4.78 is 39.0. The van der Waals surface area contributed by atoms with E-state index in [4.69, 9.17) is 0 Å². The number of pyridine rings is 3. The monoisotopic (exact) mass is 497 g/mol. The van der Waals surface area contributed by atoms with Crippen LogP contribution in [0.15, 0.2) is 48.9 Å². The highest BCUT2D eigenvalue weighted by molar-refractivity contribution is 5.94. The van der Waals surface area contributed by atoms with Gasteiger partial charge in [-0.1, -0.05) is 6.07 Å². The van der Waals surface area contributed by atoms with Gasteiger partial charge in [0.05, 0.1) is 17.6 Å². The third-order valence-electron chi connectivity index (χ3n) is 6.22. The van der Waals surface area contributed by atoms with Crippen LogP contribution >= 0.6 is 0 Å². The Morgan fingerprint density at radius 3 is 2.33 bits per heavy atom. The van der Waals surface area contributed by atoms with Crippen LogP contribution in [-0.4, -0.2) is 57.7 Å². The predicted molar refractivity (Wildman–Crippen MR) is 129 cm³/mol. The summed E-state index contributed by atoms with van der Waals surface area (Å²) in [4.78, 5) is 40.2. The molecular formula is C26H26F3N5O2. The van der Waals surface area contributed by atoms with Gasteiger partial charge in [0.15, 0.2) is 5.78 Å². The summed E-state index contributed by atoms with van der Waals surface area (Å²) in [6, 6.07) is 7.89. The van der Waals surface area contributed by atoms with Crippen LogP contribution in [0, 0.1) is 6.92 Å². The Morgan fingerprint density at radius 1 is 0.972 bits per heavy atom. The second-order valence-electron chi connectivity index (χ2n) is 8.75. The molecule has 0 aromatic carbocycles. The predicted octanol–water partition coefficient (Wildman–Crippen LogP) is 4.35. The number of Topliss-reactive ketones (excluding diaryl/α,β-unsaturated/α-hetero) is 1. The number of alkyl halides is 3. The number of halogens is 3. The first-order valence-corrected chi connectivity index (χ1v) is 11.6. The molecule has 0 spiro atoms. The van der Waals surface area contributed by atoms with Crippen molar-refractivity contribution >= 4 is 17.4 Å². The molecule has 0 unspecified atom stereocenters. The van der Waals surface area contributed by atoms with Crippen molar-refractivity contribution in [2.45, 2.75) is 32.9 Å². The minimum Gasteiger partial charge on any atom is -0.367 e. The van der Waals surface area contributed by atoms with E-state index in [-0.39, 0.29) is 18.1 Å². The summed E-state index contributed by atoms with van der Waals surface area (Å²) in [6.07, 6.45) is 0.532. The third-order valence-corrected chi connectivity index (χ3v) is 6.22.